The number of methoxy groups -OCH3 is 1. The summed E-state index contributed by atoms with van der Waals surface area (Å²) in [6.45, 7) is 12.0. The van der Waals surface area contributed by atoms with E-state index in [-0.39, 0.29) is 18.2 Å². The van der Waals surface area contributed by atoms with E-state index in [1.54, 1.807) is 0 Å². The number of amides is 1. The molecule has 2 aromatic rings. The second-order valence-corrected chi connectivity index (χ2v) is 11.5. The second-order valence-electron chi connectivity index (χ2n) is 11.5. The van der Waals surface area contributed by atoms with Gasteiger partial charge in [-0.25, -0.2) is 13.6 Å². The van der Waals surface area contributed by atoms with Gasteiger partial charge in [0.05, 0.1) is 24.9 Å². The van der Waals surface area contributed by atoms with Crippen molar-refractivity contribution >= 4 is 30.1 Å². The number of carbonyl (C=O) groups excluding carboxylic acids is 2. The standard InChI is InChI=1S/C29H37BF2N2O6/c1-16(2)33-18-14-21(31)24(22(32)15-18)26(35)34-23(27(36)37-7)13-17-10-11-20(25-19(17)9-8-12-38-25)30-39-28(3,4)29(5,6)40-30/h10-11,14-16,23,33H,8-9,12-13H2,1-7H3,(H,34,35)/t23-/m0/s1. The van der Waals surface area contributed by atoms with Crippen LogP contribution in [0.4, 0.5) is 14.5 Å². The number of benzene rings is 2. The average molecular weight is 558 g/mol. The number of ether oxygens (including phenoxy) is 2. The van der Waals surface area contributed by atoms with Crippen LogP contribution in [0.3, 0.4) is 0 Å². The smallest absolute Gasteiger partial charge is 0.494 e. The molecule has 2 aromatic carbocycles. The SMILES string of the molecule is COC(=O)[C@H](Cc1ccc(B2OC(C)(C)C(C)(C)O2)c2c1CCCO2)NC(=O)c1c(F)cc(NC(C)C)cc1F. The fraction of sp³-hybridized carbons (Fsp3) is 0.517. The Morgan fingerprint density at radius 2 is 1.70 bits per heavy atom. The van der Waals surface area contributed by atoms with Gasteiger partial charge in [0, 0.05) is 23.6 Å². The molecule has 1 fully saturated rings. The summed E-state index contributed by atoms with van der Waals surface area (Å²) in [5.74, 6) is -3.25. The lowest BCUT2D eigenvalue weighted by atomic mass is 9.75. The summed E-state index contributed by atoms with van der Waals surface area (Å²) >= 11 is 0. The lowest BCUT2D eigenvalue weighted by Gasteiger charge is -2.32. The van der Waals surface area contributed by atoms with Gasteiger partial charge < -0.3 is 29.4 Å². The summed E-state index contributed by atoms with van der Waals surface area (Å²) in [7, 11) is 0.552. The molecule has 1 amide bonds. The van der Waals surface area contributed by atoms with E-state index in [0.717, 1.165) is 35.1 Å². The first kappa shape index (κ1) is 29.8. The molecule has 0 aliphatic carbocycles. The van der Waals surface area contributed by atoms with Crippen molar-refractivity contribution in [2.24, 2.45) is 0 Å². The first-order chi connectivity index (χ1) is 18.7. The Morgan fingerprint density at radius 3 is 2.27 bits per heavy atom. The average Bonchev–Trinajstić information content (AvgIpc) is 3.08. The van der Waals surface area contributed by atoms with E-state index < -0.39 is 53.4 Å². The zero-order chi connectivity index (χ0) is 29.4. The van der Waals surface area contributed by atoms with Crippen molar-refractivity contribution in [3.63, 3.8) is 0 Å². The first-order valence-electron chi connectivity index (χ1n) is 13.5. The van der Waals surface area contributed by atoms with E-state index in [9.17, 15) is 18.4 Å². The zero-order valence-electron chi connectivity index (χ0n) is 24.1. The van der Waals surface area contributed by atoms with Gasteiger partial charge in [0.15, 0.2) is 0 Å². The Kier molecular flexibility index (Phi) is 8.47. The minimum atomic E-state index is -1.20. The van der Waals surface area contributed by atoms with Gasteiger partial charge in [-0.15, -0.1) is 0 Å². The molecule has 0 spiro atoms. The topological polar surface area (TPSA) is 95.1 Å². The van der Waals surface area contributed by atoms with Crippen LogP contribution in [0.15, 0.2) is 24.3 Å². The van der Waals surface area contributed by atoms with Gasteiger partial charge in [0.1, 0.15) is 29.0 Å². The highest BCUT2D eigenvalue weighted by Crippen LogP contribution is 2.38. The molecule has 0 aromatic heterocycles. The molecule has 11 heteroatoms. The van der Waals surface area contributed by atoms with Gasteiger partial charge in [-0.1, -0.05) is 12.1 Å². The Balaban J connectivity index is 1.61. The number of halogens is 2. The van der Waals surface area contributed by atoms with Gasteiger partial charge in [0.2, 0.25) is 0 Å². The molecule has 1 saturated heterocycles. The quantitative estimate of drug-likeness (QED) is 0.375. The largest absolute Gasteiger partial charge is 0.498 e. The fourth-order valence-corrected chi connectivity index (χ4v) is 4.89. The van der Waals surface area contributed by atoms with Crippen molar-refractivity contribution in [3.8, 4) is 5.75 Å². The van der Waals surface area contributed by atoms with E-state index in [2.05, 4.69) is 10.6 Å². The van der Waals surface area contributed by atoms with E-state index in [4.69, 9.17) is 18.8 Å². The highest BCUT2D eigenvalue weighted by Gasteiger charge is 2.52. The predicted octanol–water partition coefficient (Wildman–Crippen LogP) is 3.92. The number of fused-ring (bicyclic) bond motifs is 1. The lowest BCUT2D eigenvalue weighted by molar-refractivity contribution is -0.142. The molecule has 2 heterocycles. The summed E-state index contributed by atoms with van der Waals surface area (Å²) < 4.78 is 53.1. The Labute approximate surface area is 234 Å². The molecule has 2 N–H and O–H groups in total. The molecule has 0 radical (unpaired) electrons. The fourth-order valence-electron chi connectivity index (χ4n) is 4.89. The minimum absolute atomic E-state index is 0.0317. The van der Waals surface area contributed by atoms with Crippen LogP contribution in [0.25, 0.3) is 0 Å². The summed E-state index contributed by atoms with van der Waals surface area (Å²) in [5.41, 5.74) is 0.711. The maximum absolute atomic E-state index is 14.8. The number of rotatable bonds is 8. The number of carbonyl (C=O) groups is 2. The molecule has 4 rings (SSSR count). The maximum atomic E-state index is 14.8. The highest BCUT2D eigenvalue weighted by molar-refractivity contribution is 6.63. The van der Waals surface area contributed by atoms with Gasteiger partial charge in [0.25, 0.3) is 5.91 Å². The van der Waals surface area contributed by atoms with Crippen LogP contribution in [0.1, 0.15) is 69.4 Å². The van der Waals surface area contributed by atoms with Crippen molar-refractivity contribution < 1.29 is 37.2 Å². The summed E-state index contributed by atoms with van der Waals surface area (Å²) in [6.07, 6.45) is 1.46. The zero-order valence-corrected chi connectivity index (χ0v) is 24.1. The highest BCUT2D eigenvalue weighted by atomic mass is 19.1. The van der Waals surface area contributed by atoms with E-state index in [0.29, 0.717) is 18.8 Å². The Bertz CT molecular complexity index is 1260. The molecule has 1 atom stereocenters. The normalized spacial score (nSPS) is 18.1. The molecule has 0 unspecified atom stereocenters. The van der Waals surface area contributed by atoms with Crippen molar-refractivity contribution in [3.05, 3.63) is 52.6 Å². The van der Waals surface area contributed by atoms with E-state index in [1.165, 1.54) is 7.11 Å². The molecule has 216 valence electrons. The first-order valence-corrected chi connectivity index (χ1v) is 13.5. The number of esters is 1. The van der Waals surface area contributed by atoms with Gasteiger partial charge >= 0.3 is 13.1 Å². The molecular weight excluding hydrogens is 521 g/mol. The number of nitrogens with one attached hydrogen (secondary N) is 2. The summed E-state index contributed by atoms with van der Waals surface area (Å²) in [5, 5.41) is 5.37. The third-order valence-corrected chi connectivity index (χ3v) is 7.65. The molecule has 2 aliphatic rings. The van der Waals surface area contributed by atoms with Gasteiger partial charge in [-0.05, 0) is 77.6 Å². The van der Waals surface area contributed by atoms with Crippen LogP contribution in [-0.2, 0) is 31.7 Å². The molecular formula is C29H37BF2N2O6. The number of anilines is 1. The molecule has 0 saturated carbocycles. The monoisotopic (exact) mass is 558 g/mol. The van der Waals surface area contributed by atoms with Crippen LogP contribution >= 0.6 is 0 Å². The van der Waals surface area contributed by atoms with Crippen molar-refractivity contribution in [1.82, 2.24) is 5.32 Å². The van der Waals surface area contributed by atoms with Crippen LogP contribution < -0.4 is 20.8 Å². The minimum Gasteiger partial charge on any atom is -0.494 e. The third-order valence-electron chi connectivity index (χ3n) is 7.65. The van der Waals surface area contributed by atoms with Crippen molar-refractivity contribution in [2.45, 2.75) is 84.1 Å². The van der Waals surface area contributed by atoms with Crippen molar-refractivity contribution in [2.75, 3.05) is 19.0 Å². The summed E-state index contributed by atoms with van der Waals surface area (Å²) in [4.78, 5) is 25.7. The molecule has 0 bridgehead atoms. The third kappa shape index (κ3) is 5.95. The lowest BCUT2D eigenvalue weighted by Crippen LogP contribution is -2.44. The Morgan fingerprint density at radius 1 is 1.07 bits per heavy atom. The van der Waals surface area contributed by atoms with Gasteiger partial charge in [-0.3, -0.25) is 4.79 Å². The van der Waals surface area contributed by atoms with Crippen LogP contribution in [0.2, 0.25) is 0 Å². The predicted molar refractivity (Wildman–Crippen MR) is 148 cm³/mol. The summed E-state index contributed by atoms with van der Waals surface area (Å²) in [6, 6.07) is 4.51. The van der Waals surface area contributed by atoms with E-state index >= 15 is 0 Å². The maximum Gasteiger partial charge on any atom is 0.498 e. The van der Waals surface area contributed by atoms with Gasteiger partial charge in [-0.2, -0.15) is 0 Å². The van der Waals surface area contributed by atoms with E-state index in [1.807, 2.05) is 53.7 Å². The van der Waals surface area contributed by atoms with Crippen molar-refractivity contribution in [1.29, 1.82) is 0 Å². The number of hydrogen-bond donors (Lipinski definition) is 2. The molecule has 8 nitrogen and oxygen atoms in total. The second kappa shape index (κ2) is 11.4. The molecule has 2 aliphatic heterocycles. The Hall–Kier alpha value is -3.18. The van der Waals surface area contributed by atoms with Crippen LogP contribution in [-0.4, -0.2) is 56.0 Å². The number of hydrogen-bond acceptors (Lipinski definition) is 7. The molecule has 40 heavy (non-hydrogen) atoms. The van der Waals surface area contributed by atoms with Crippen LogP contribution in [0.5, 0.6) is 5.75 Å². The van der Waals surface area contributed by atoms with Crippen LogP contribution in [0, 0.1) is 11.6 Å².